The number of rotatable bonds is 6. The predicted octanol–water partition coefficient (Wildman–Crippen LogP) is 4.34. The second-order valence-electron chi connectivity index (χ2n) is 11.5. The fourth-order valence-electron chi connectivity index (χ4n) is 4.60. The average molecular weight is 565 g/mol. The van der Waals surface area contributed by atoms with Crippen LogP contribution >= 0.6 is 0 Å². The van der Waals surface area contributed by atoms with E-state index >= 15 is 0 Å². The summed E-state index contributed by atoms with van der Waals surface area (Å²) >= 11 is 0. The number of methoxy groups -OCH3 is 1. The van der Waals surface area contributed by atoms with Crippen LogP contribution in [0.3, 0.4) is 0 Å². The highest BCUT2D eigenvalue weighted by molar-refractivity contribution is 5.70. The summed E-state index contributed by atoms with van der Waals surface area (Å²) in [6.45, 7) is 12.2. The molecule has 1 N–H and O–H groups in total. The fourth-order valence-corrected chi connectivity index (χ4v) is 4.60. The monoisotopic (exact) mass is 564 g/mol. The first-order valence-electron chi connectivity index (χ1n) is 14.1. The van der Waals surface area contributed by atoms with Gasteiger partial charge in [0, 0.05) is 44.4 Å². The Kier molecular flexibility index (Phi) is 13.2. The van der Waals surface area contributed by atoms with Crippen molar-refractivity contribution in [1.82, 2.24) is 9.80 Å². The van der Waals surface area contributed by atoms with Gasteiger partial charge in [0.15, 0.2) is 6.10 Å². The van der Waals surface area contributed by atoms with Crippen molar-refractivity contribution in [3.8, 4) is 0 Å². The van der Waals surface area contributed by atoms with Crippen molar-refractivity contribution in [2.45, 2.75) is 71.7 Å². The summed E-state index contributed by atoms with van der Waals surface area (Å²) in [5.41, 5.74) is -0.480. The second kappa shape index (κ2) is 15.8. The van der Waals surface area contributed by atoms with Crippen LogP contribution in [0, 0.1) is 17.8 Å². The van der Waals surface area contributed by atoms with E-state index in [1.165, 1.54) is 7.11 Å². The SMILES string of the molecule is COC(=O)OC[C@H](C)/C=C/C=C(\C)[C@H]1OC(=O)C[C@H](C)CC[C@@](C)(O)[C@@H](OC(=O)N2CCN(C)CC2)/C=C/[C@@H]1C. The molecule has 0 aromatic rings. The van der Waals surface area contributed by atoms with Crippen molar-refractivity contribution in [3.63, 3.8) is 0 Å². The summed E-state index contributed by atoms with van der Waals surface area (Å²) in [6, 6.07) is 0. The topological polar surface area (TPSA) is 115 Å². The third-order valence-corrected chi connectivity index (χ3v) is 7.46. The maximum absolute atomic E-state index is 13.0. The normalized spacial score (nSPS) is 30.9. The van der Waals surface area contributed by atoms with Crippen LogP contribution in [-0.2, 0) is 23.7 Å². The Morgan fingerprint density at radius 2 is 1.90 bits per heavy atom. The molecule has 10 nitrogen and oxygen atoms in total. The number of hydrogen-bond donors (Lipinski definition) is 1. The van der Waals surface area contributed by atoms with Gasteiger partial charge in [0.25, 0.3) is 0 Å². The lowest BCUT2D eigenvalue weighted by Crippen LogP contribution is -2.50. The van der Waals surface area contributed by atoms with E-state index in [1.807, 2.05) is 59.0 Å². The molecule has 0 bridgehead atoms. The quantitative estimate of drug-likeness (QED) is 0.218. The molecular formula is C30H48N2O8. The second-order valence-corrected chi connectivity index (χ2v) is 11.5. The molecule has 0 saturated carbocycles. The van der Waals surface area contributed by atoms with Crippen molar-refractivity contribution < 1.29 is 38.4 Å². The third kappa shape index (κ3) is 11.0. The zero-order valence-electron chi connectivity index (χ0n) is 25.1. The molecule has 2 rings (SSSR count). The summed E-state index contributed by atoms with van der Waals surface area (Å²) in [7, 11) is 3.28. The molecule has 1 amide bonds. The molecule has 0 aromatic carbocycles. The summed E-state index contributed by atoms with van der Waals surface area (Å²) in [5.74, 6) is -0.623. The molecule has 226 valence electrons. The van der Waals surface area contributed by atoms with Gasteiger partial charge in [0.05, 0.1) is 7.11 Å². The van der Waals surface area contributed by atoms with Crippen molar-refractivity contribution in [2.24, 2.45) is 17.8 Å². The van der Waals surface area contributed by atoms with Crippen molar-refractivity contribution >= 4 is 18.2 Å². The molecule has 0 unspecified atom stereocenters. The number of cyclic esters (lactones) is 1. The Bertz CT molecular complexity index is 936. The van der Waals surface area contributed by atoms with E-state index in [9.17, 15) is 19.5 Å². The molecule has 0 aliphatic carbocycles. The Hall–Kier alpha value is -2.85. The van der Waals surface area contributed by atoms with Gasteiger partial charge in [-0.25, -0.2) is 9.59 Å². The molecular weight excluding hydrogens is 516 g/mol. The van der Waals surface area contributed by atoms with E-state index in [-0.39, 0.29) is 36.8 Å². The number of aliphatic hydroxyl groups is 1. The Balaban J connectivity index is 2.23. The van der Waals surface area contributed by atoms with Gasteiger partial charge in [-0.2, -0.15) is 0 Å². The van der Waals surface area contributed by atoms with Crippen LogP contribution in [0.2, 0.25) is 0 Å². The maximum Gasteiger partial charge on any atom is 0.507 e. The maximum atomic E-state index is 13.0. The Morgan fingerprint density at radius 3 is 2.55 bits per heavy atom. The Morgan fingerprint density at radius 1 is 1.23 bits per heavy atom. The van der Waals surface area contributed by atoms with Crippen LogP contribution in [0.4, 0.5) is 9.59 Å². The molecule has 6 atom stereocenters. The minimum absolute atomic E-state index is 0.0211. The van der Waals surface area contributed by atoms with E-state index < -0.39 is 30.1 Å². The molecule has 2 aliphatic rings. The van der Waals surface area contributed by atoms with E-state index in [1.54, 1.807) is 17.9 Å². The van der Waals surface area contributed by atoms with Crippen LogP contribution in [0.5, 0.6) is 0 Å². The lowest BCUT2D eigenvalue weighted by molar-refractivity contribution is -0.150. The molecule has 2 aliphatic heterocycles. The standard InChI is InChI=1S/C30H48N2O8/c1-21-13-14-30(5,36)25(39-28(34)32-17-15-31(6)16-18-32)12-11-24(4)27(40-26(33)19-21)23(3)10-8-9-22(2)20-38-29(35)37-7/h8-12,21-22,24-25,27,36H,13-20H2,1-7H3/b9-8+,12-11+,23-10+/t21-,22-,24+,25+,27-,30-/m1/s1. The molecule has 2 heterocycles. The van der Waals surface area contributed by atoms with Gasteiger partial charge in [-0.15, -0.1) is 0 Å². The molecule has 0 spiro atoms. The number of ether oxygens (including phenoxy) is 4. The molecule has 10 heteroatoms. The fraction of sp³-hybridized carbons (Fsp3) is 0.700. The lowest BCUT2D eigenvalue weighted by atomic mass is 9.87. The number of carbonyl (C=O) groups is 3. The first-order chi connectivity index (χ1) is 18.8. The zero-order chi connectivity index (χ0) is 29.9. The highest BCUT2D eigenvalue weighted by Gasteiger charge is 2.36. The molecule has 1 fully saturated rings. The highest BCUT2D eigenvalue weighted by Crippen LogP contribution is 2.29. The number of likely N-dealkylation sites (N-methyl/N-ethyl adjacent to an activating group) is 1. The van der Waals surface area contributed by atoms with Gasteiger partial charge < -0.3 is 33.9 Å². The van der Waals surface area contributed by atoms with Crippen molar-refractivity contribution in [2.75, 3.05) is 46.9 Å². The first kappa shape index (κ1) is 33.4. The molecule has 0 radical (unpaired) electrons. The van der Waals surface area contributed by atoms with Crippen LogP contribution in [-0.4, -0.2) is 97.9 Å². The summed E-state index contributed by atoms with van der Waals surface area (Å²) < 4.78 is 21.3. The zero-order valence-corrected chi connectivity index (χ0v) is 25.1. The van der Waals surface area contributed by atoms with E-state index in [0.29, 0.717) is 25.9 Å². The summed E-state index contributed by atoms with van der Waals surface area (Å²) in [6.07, 6.45) is 7.74. The van der Waals surface area contributed by atoms with Gasteiger partial charge in [-0.05, 0) is 51.3 Å². The minimum atomic E-state index is -1.30. The van der Waals surface area contributed by atoms with Crippen molar-refractivity contribution in [1.29, 1.82) is 0 Å². The third-order valence-electron chi connectivity index (χ3n) is 7.46. The summed E-state index contributed by atoms with van der Waals surface area (Å²) in [5, 5.41) is 11.4. The largest absolute Gasteiger partial charge is 0.507 e. The predicted molar refractivity (Wildman–Crippen MR) is 152 cm³/mol. The van der Waals surface area contributed by atoms with Gasteiger partial charge >= 0.3 is 18.2 Å². The van der Waals surface area contributed by atoms with Gasteiger partial charge in [0.1, 0.15) is 18.3 Å². The summed E-state index contributed by atoms with van der Waals surface area (Å²) in [4.78, 5) is 40.8. The number of esters is 1. The Labute approximate surface area is 238 Å². The first-order valence-corrected chi connectivity index (χ1v) is 14.1. The van der Waals surface area contributed by atoms with Gasteiger partial charge in [-0.3, -0.25) is 4.79 Å². The number of amides is 1. The number of nitrogens with zero attached hydrogens (tertiary/aromatic N) is 2. The minimum Gasteiger partial charge on any atom is -0.457 e. The van der Waals surface area contributed by atoms with Gasteiger partial charge in [0.2, 0.25) is 0 Å². The average Bonchev–Trinajstić information content (AvgIpc) is 2.90. The van der Waals surface area contributed by atoms with E-state index in [0.717, 1.165) is 18.7 Å². The molecule has 1 saturated heterocycles. The molecule has 40 heavy (non-hydrogen) atoms. The van der Waals surface area contributed by atoms with Crippen LogP contribution < -0.4 is 0 Å². The number of piperazine rings is 1. The number of allylic oxidation sites excluding steroid dienone is 2. The highest BCUT2D eigenvalue weighted by atomic mass is 16.7. The number of hydrogen-bond acceptors (Lipinski definition) is 9. The van der Waals surface area contributed by atoms with Gasteiger partial charge in [-0.1, -0.05) is 45.1 Å². The van der Waals surface area contributed by atoms with Crippen molar-refractivity contribution in [3.05, 3.63) is 36.0 Å². The van der Waals surface area contributed by atoms with Crippen LogP contribution in [0.1, 0.15) is 53.9 Å². The van der Waals surface area contributed by atoms with E-state index in [4.69, 9.17) is 14.2 Å². The number of carbonyl (C=O) groups excluding carboxylic acids is 3. The lowest BCUT2D eigenvalue weighted by Gasteiger charge is -2.36. The van der Waals surface area contributed by atoms with Crippen LogP contribution in [0.25, 0.3) is 0 Å². The van der Waals surface area contributed by atoms with Crippen LogP contribution in [0.15, 0.2) is 36.0 Å². The molecule has 0 aromatic heterocycles. The van der Waals surface area contributed by atoms with E-state index in [2.05, 4.69) is 9.64 Å². The smallest absolute Gasteiger partial charge is 0.457 e.